The first kappa shape index (κ1) is 24.8. The van der Waals surface area contributed by atoms with Crippen LogP contribution in [0, 0.1) is 0 Å². The van der Waals surface area contributed by atoms with Crippen LogP contribution in [0.3, 0.4) is 0 Å². The van der Waals surface area contributed by atoms with Gasteiger partial charge in [0.1, 0.15) is 0 Å². The average Bonchev–Trinajstić information content (AvgIpc) is 3.28. The molecular formula is C30H32N2O2S. The van der Waals surface area contributed by atoms with Gasteiger partial charge in [-0.05, 0) is 25.0 Å². The zero-order valence-electron chi connectivity index (χ0n) is 20.0. The summed E-state index contributed by atoms with van der Waals surface area (Å²) in [6.07, 6.45) is 6.59. The number of nitrogens with zero attached hydrogens (tertiary/aromatic N) is 2. The van der Waals surface area contributed by atoms with E-state index in [1.165, 1.54) is 0 Å². The molecule has 4 rings (SSSR count). The Balaban J connectivity index is 1.55. The normalized spacial score (nSPS) is 11.0. The lowest BCUT2D eigenvalue weighted by molar-refractivity contribution is -0.137. The molecule has 0 radical (unpaired) electrons. The number of unbranched alkanes of at least 4 members (excludes halogenated alkanes) is 5. The molecule has 5 heteroatoms. The number of imidazole rings is 1. The standard InChI is InChI=1S/C30H32N2O2S/c33-27(34)22-14-3-1-2-4-15-23-35-30-31-28(24-16-8-5-9-17-24)29(25-18-10-6-11-19-25)32(30)26-20-12-7-13-21-26/h5-13,16-21H,1-4,14-15,22-23H2,(H,33,34). The highest BCUT2D eigenvalue weighted by Gasteiger charge is 2.21. The Bertz CT molecular complexity index is 1190. The van der Waals surface area contributed by atoms with Gasteiger partial charge in [-0.1, -0.05) is 116 Å². The molecule has 1 heterocycles. The van der Waals surface area contributed by atoms with E-state index in [9.17, 15) is 4.79 Å². The first-order chi connectivity index (χ1) is 17.2. The topological polar surface area (TPSA) is 55.1 Å². The third-order valence-electron chi connectivity index (χ3n) is 5.97. The van der Waals surface area contributed by atoms with Gasteiger partial charge in [0.2, 0.25) is 0 Å². The van der Waals surface area contributed by atoms with Gasteiger partial charge in [-0.3, -0.25) is 9.36 Å². The van der Waals surface area contributed by atoms with E-state index in [0.717, 1.165) is 77.6 Å². The third-order valence-corrected chi connectivity index (χ3v) is 7.00. The lowest BCUT2D eigenvalue weighted by atomic mass is 10.0. The van der Waals surface area contributed by atoms with Crippen molar-refractivity contribution < 1.29 is 9.90 Å². The predicted octanol–water partition coefficient (Wildman–Crippen LogP) is 8.11. The average molecular weight is 485 g/mol. The van der Waals surface area contributed by atoms with Gasteiger partial charge in [0.15, 0.2) is 5.16 Å². The minimum Gasteiger partial charge on any atom is -0.481 e. The van der Waals surface area contributed by atoms with Crippen LogP contribution in [-0.4, -0.2) is 26.4 Å². The second-order valence-electron chi connectivity index (χ2n) is 8.61. The van der Waals surface area contributed by atoms with Gasteiger partial charge in [0.25, 0.3) is 0 Å². The van der Waals surface area contributed by atoms with Crippen LogP contribution in [0.25, 0.3) is 28.2 Å². The molecule has 0 saturated heterocycles. The molecule has 35 heavy (non-hydrogen) atoms. The van der Waals surface area contributed by atoms with Crippen molar-refractivity contribution in [2.24, 2.45) is 0 Å². The zero-order valence-corrected chi connectivity index (χ0v) is 20.8. The Labute approximate surface area is 212 Å². The van der Waals surface area contributed by atoms with E-state index in [0.29, 0.717) is 0 Å². The highest BCUT2D eigenvalue weighted by molar-refractivity contribution is 7.99. The summed E-state index contributed by atoms with van der Waals surface area (Å²) in [7, 11) is 0. The largest absolute Gasteiger partial charge is 0.481 e. The van der Waals surface area contributed by atoms with Crippen LogP contribution in [0.2, 0.25) is 0 Å². The number of hydrogen-bond acceptors (Lipinski definition) is 3. The van der Waals surface area contributed by atoms with E-state index in [2.05, 4.69) is 77.4 Å². The minimum atomic E-state index is -0.694. The van der Waals surface area contributed by atoms with Crippen LogP contribution < -0.4 is 0 Å². The fourth-order valence-electron chi connectivity index (χ4n) is 4.22. The molecule has 0 aliphatic rings. The van der Waals surface area contributed by atoms with E-state index in [1.54, 1.807) is 0 Å². The molecular weight excluding hydrogens is 452 g/mol. The van der Waals surface area contributed by atoms with Gasteiger partial charge in [0, 0.05) is 29.0 Å². The number of carboxylic acid groups (broad SMARTS) is 1. The van der Waals surface area contributed by atoms with Crippen LogP contribution in [0.4, 0.5) is 0 Å². The number of carboxylic acids is 1. The number of para-hydroxylation sites is 1. The van der Waals surface area contributed by atoms with Crippen LogP contribution in [0.15, 0.2) is 96.2 Å². The molecule has 0 unspecified atom stereocenters. The number of benzene rings is 3. The monoisotopic (exact) mass is 484 g/mol. The Hall–Kier alpha value is -3.31. The SMILES string of the molecule is O=C(O)CCCCCCCCSc1nc(-c2ccccc2)c(-c2ccccc2)n1-c1ccccc1. The number of thioether (sulfide) groups is 1. The molecule has 0 amide bonds. The number of aromatic nitrogens is 2. The lowest BCUT2D eigenvalue weighted by Gasteiger charge is -2.13. The highest BCUT2D eigenvalue weighted by Crippen LogP contribution is 2.38. The molecule has 3 aromatic carbocycles. The van der Waals surface area contributed by atoms with E-state index in [4.69, 9.17) is 10.1 Å². The van der Waals surface area contributed by atoms with Crippen molar-refractivity contribution in [1.29, 1.82) is 0 Å². The van der Waals surface area contributed by atoms with E-state index < -0.39 is 5.97 Å². The summed E-state index contributed by atoms with van der Waals surface area (Å²) in [6, 6.07) is 31.4. The highest BCUT2D eigenvalue weighted by atomic mass is 32.2. The van der Waals surface area contributed by atoms with Crippen LogP contribution in [-0.2, 0) is 4.79 Å². The van der Waals surface area contributed by atoms with Gasteiger partial charge in [-0.15, -0.1) is 0 Å². The van der Waals surface area contributed by atoms with Gasteiger partial charge < -0.3 is 5.11 Å². The summed E-state index contributed by atoms with van der Waals surface area (Å²) in [5.41, 5.74) is 5.49. The molecule has 1 aromatic heterocycles. The molecule has 1 N–H and O–H groups in total. The van der Waals surface area contributed by atoms with E-state index in [-0.39, 0.29) is 6.42 Å². The summed E-state index contributed by atoms with van der Waals surface area (Å²) >= 11 is 1.81. The molecule has 0 aliphatic carbocycles. The molecule has 0 bridgehead atoms. The third kappa shape index (κ3) is 6.86. The minimum absolute atomic E-state index is 0.283. The van der Waals surface area contributed by atoms with Crippen molar-refractivity contribution in [3.63, 3.8) is 0 Å². The Morgan fingerprint density at radius 3 is 1.89 bits per heavy atom. The number of carbonyl (C=O) groups is 1. The van der Waals surface area contributed by atoms with Crippen LogP contribution >= 0.6 is 11.8 Å². The maximum absolute atomic E-state index is 10.6. The van der Waals surface area contributed by atoms with Crippen LogP contribution in [0.1, 0.15) is 44.9 Å². The van der Waals surface area contributed by atoms with Gasteiger partial charge in [-0.25, -0.2) is 4.98 Å². The van der Waals surface area contributed by atoms with Crippen molar-refractivity contribution in [2.45, 2.75) is 50.1 Å². The zero-order chi connectivity index (χ0) is 24.3. The van der Waals surface area contributed by atoms with E-state index in [1.807, 2.05) is 30.0 Å². The van der Waals surface area contributed by atoms with Gasteiger partial charge in [0.05, 0.1) is 11.4 Å². The Morgan fingerprint density at radius 1 is 0.714 bits per heavy atom. The summed E-state index contributed by atoms with van der Waals surface area (Å²) in [5.74, 6) is 0.307. The maximum atomic E-state index is 10.6. The van der Waals surface area contributed by atoms with Crippen LogP contribution in [0.5, 0.6) is 0 Å². The van der Waals surface area contributed by atoms with Crippen molar-refractivity contribution in [3.8, 4) is 28.2 Å². The molecule has 0 spiro atoms. The quantitative estimate of drug-likeness (QED) is 0.154. The van der Waals surface area contributed by atoms with Crippen molar-refractivity contribution in [3.05, 3.63) is 91.0 Å². The molecule has 0 aliphatic heterocycles. The summed E-state index contributed by atoms with van der Waals surface area (Å²) in [5, 5.41) is 9.76. The molecule has 180 valence electrons. The maximum Gasteiger partial charge on any atom is 0.303 e. The van der Waals surface area contributed by atoms with Crippen molar-refractivity contribution in [2.75, 3.05) is 5.75 Å². The molecule has 4 aromatic rings. The first-order valence-electron chi connectivity index (χ1n) is 12.4. The lowest BCUT2D eigenvalue weighted by Crippen LogP contribution is -1.99. The number of hydrogen-bond donors (Lipinski definition) is 1. The molecule has 4 nitrogen and oxygen atoms in total. The fourth-order valence-corrected chi connectivity index (χ4v) is 5.23. The second kappa shape index (κ2) is 13.0. The molecule has 0 atom stereocenters. The van der Waals surface area contributed by atoms with Gasteiger partial charge >= 0.3 is 5.97 Å². The predicted molar refractivity (Wildman–Crippen MR) is 145 cm³/mol. The second-order valence-corrected chi connectivity index (χ2v) is 9.67. The van der Waals surface area contributed by atoms with E-state index >= 15 is 0 Å². The Kier molecular flexibility index (Phi) is 9.18. The first-order valence-corrected chi connectivity index (χ1v) is 13.4. The molecule has 0 saturated carbocycles. The number of aliphatic carboxylic acids is 1. The van der Waals surface area contributed by atoms with Crippen molar-refractivity contribution >= 4 is 17.7 Å². The van der Waals surface area contributed by atoms with Gasteiger partial charge in [-0.2, -0.15) is 0 Å². The Morgan fingerprint density at radius 2 is 1.26 bits per heavy atom. The number of rotatable bonds is 13. The smallest absolute Gasteiger partial charge is 0.303 e. The molecule has 0 fully saturated rings. The summed E-state index contributed by atoms with van der Waals surface area (Å²) in [6.45, 7) is 0. The van der Waals surface area contributed by atoms with Crippen molar-refractivity contribution in [1.82, 2.24) is 9.55 Å². The fraction of sp³-hybridized carbons (Fsp3) is 0.267. The summed E-state index contributed by atoms with van der Waals surface area (Å²) < 4.78 is 2.30. The summed E-state index contributed by atoms with van der Waals surface area (Å²) in [4.78, 5) is 15.8.